The molecule has 0 radical (unpaired) electrons. The molecule has 0 saturated carbocycles. The molecule has 1 aliphatic rings. The van der Waals surface area contributed by atoms with Gasteiger partial charge in [0.05, 0.1) is 7.11 Å². The Morgan fingerprint density at radius 3 is 2.23 bits per heavy atom. The van der Waals surface area contributed by atoms with E-state index in [1.165, 1.54) is 11.3 Å². The Bertz CT molecular complexity index is 878. The first-order chi connectivity index (χ1) is 14.9. The molecule has 2 aromatic rings. The number of anilines is 1. The average Bonchev–Trinajstić information content (AvgIpc) is 3.03. The molecule has 6 heteroatoms. The Balaban J connectivity index is 1.65. The highest BCUT2D eigenvalue weighted by molar-refractivity contribution is 5.97. The number of ether oxygens (including phenoxy) is 1. The molecule has 6 nitrogen and oxygen atoms in total. The first kappa shape index (κ1) is 22.7. The van der Waals surface area contributed by atoms with Crippen molar-refractivity contribution in [2.45, 2.75) is 33.2 Å². The van der Waals surface area contributed by atoms with Gasteiger partial charge >= 0.3 is 0 Å². The molecule has 0 spiro atoms. The van der Waals surface area contributed by atoms with Crippen molar-refractivity contribution < 1.29 is 14.3 Å². The van der Waals surface area contributed by atoms with Gasteiger partial charge in [0.15, 0.2) is 0 Å². The number of nitrogens with zero attached hydrogens (tertiary/aromatic N) is 2. The van der Waals surface area contributed by atoms with Crippen LogP contribution in [0, 0.1) is 12.8 Å². The predicted molar refractivity (Wildman–Crippen MR) is 124 cm³/mol. The molecule has 3 rings (SSSR count). The number of methoxy groups -OCH3 is 1. The molecule has 1 atom stereocenters. The summed E-state index contributed by atoms with van der Waals surface area (Å²) in [7, 11) is 1.59. The van der Waals surface area contributed by atoms with Gasteiger partial charge in [-0.2, -0.15) is 0 Å². The van der Waals surface area contributed by atoms with Crippen molar-refractivity contribution in [2.75, 3.05) is 38.2 Å². The summed E-state index contributed by atoms with van der Waals surface area (Å²) in [6, 6.07) is 14.9. The SMILES string of the molecule is COc1ccc(C(=O)NC(C(=O)N2CCCN(c3ccc(C)cc3)CC2)C(C)C)cc1. The minimum Gasteiger partial charge on any atom is -0.497 e. The summed E-state index contributed by atoms with van der Waals surface area (Å²) in [5.74, 6) is 0.426. The van der Waals surface area contributed by atoms with E-state index in [1.54, 1.807) is 31.4 Å². The van der Waals surface area contributed by atoms with E-state index in [4.69, 9.17) is 4.74 Å². The maximum absolute atomic E-state index is 13.3. The van der Waals surface area contributed by atoms with Gasteiger partial charge in [0.1, 0.15) is 11.8 Å². The number of amides is 2. The molecule has 166 valence electrons. The van der Waals surface area contributed by atoms with Gasteiger partial charge in [-0.3, -0.25) is 9.59 Å². The lowest BCUT2D eigenvalue weighted by molar-refractivity contribution is -0.134. The van der Waals surface area contributed by atoms with Crippen LogP contribution in [-0.4, -0.2) is 56.0 Å². The third kappa shape index (κ3) is 5.78. The van der Waals surface area contributed by atoms with Gasteiger partial charge in [-0.1, -0.05) is 31.5 Å². The van der Waals surface area contributed by atoms with Gasteiger partial charge in [-0.25, -0.2) is 0 Å². The Hall–Kier alpha value is -3.02. The van der Waals surface area contributed by atoms with Crippen molar-refractivity contribution in [3.63, 3.8) is 0 Å². The summed E-state index contributed by atoms with van der Waals surface area (Å²) in [6.07, 6.45) is 0.900. The first-order valence-electron chi connectivity index (χ1n) is 10.9. The number of carbonyl (C=O) groups is 2. The van der Waals surface area contributed by atoms with Gasteiger partial charge in [0, 0.05) is 37.4 Å². The maximum Gasteiger partial charge on any atom is 0.251 e. The highest BCUT2D eigenvalue weighted by atomic mass is 16.5. The van der Waals surface area contributed by atoms with Crippen LogP contribution in [0.2, 0.25) is 0 Å². The standard InChI is InChI=1S/C25H33N3O3/c1-18(2)23(26-24(29)20-8-12-22(31-4)13-9-20)25(30)28-15-5-14-27(16-17-28)21-10-6-19(3)7-11-21/h6-13,18,23H,5,14-17H2,1-4H3,(H,26,29). The molecule has 2 aromatic carbocycles. The van der Waals surface area contributed by atoms with Crippen LogP contribution in [0.4, 0.5) is 5.69 Å². The van der Waals surface area contributed by atoms with Crippen LogP contribution < -0.4 is 15.0 Å². The quantitative estimate of drug-likeness (QED) is 0.773. The second-order valence-electron chi connectivity index (χ2n) is 8.43. The topological polar surface area (TPSA) is 61.9 Å². The van der Waals surface area contributed by atoms with Crippen LogP contribution in [0.5, 0.6) is 5.75 Å². The second kappa shape index (κ2) is 10.3. The Morgan fingerprint density at radius 1 is 0.935 bits per heavy atom. The lowest BCUT2D eigenvalue weighted by atomic mass is 10.0. The molecule has 31 heavy (non-hydrogen) atoms. The molecule has 1 saturated heterocycles. The molecule has 1 fully saturated rings. The largest absolute Gasteiger partial charge is 0.497 e. The van der Waals surface area contributed by atoms with E-state index in [0.29, 0.717) is 24.4 Å². The van der Waals surface area contributed by atoms with Crippen molar-refractivity contribution in [1.82, 2.24) is 10.2 Å². The molecular formula is C25H33N3O3. The minimum atomic E-state index is -0.555. The zero-order valence-electron chi connectivity index (χ0n) is 18.9. The van der Waals surface area contributed by atoms with Crippen LogP contribution in [0.1, 0.15) is 36.2 Å². The molecule has 1 unspecified atom stereocenters. The molecule has 2 amide bonds. The predicted octanol–water partition coefficient (Wildman–Crippen LogP) is 3.50. The van der Waals surface area contributed by atoms with Crippen molar-refractivity contribution in [2.24, 2.45) is 5.92 Å². The number of rotatable bonds is 6. The van der Waals surface area contributed by atoms with Crippen LogP contribution in [-0.2, 0) is 4.79 Å². The fourth-order valence-electron chi connectivity index (χ4n) is 3.83. The van der Waals surface area contributed by atoms with E-state index in [0.717, 1.165) is 19.5 Å². The first-order valence-corrected chi connectivity index (χ1v) is 10.9. The number of aryl methyl sites for hydroxylation is 1. The summed E-state index contributed by atoms with van der Waals surface area (Å²) >= 11 is 0. The normalized spacial score (nSPS) is 15.4. The molecule has 0 aromatic heterocycles. The Morgan fingerprint density at radius 2 is 1.61 bits per heavy atom. The zero-order valence-corrected chi connectivity index (χ0v) is 18.9. The minimum absolute atomic E-state index is 0.00819. The Labute approximate surface area is 185 Å². The molecular weight excluding hydrogens is 390 g/mol. The van der Waals surface area contributed by atoms with Crippen LogP contribution >= 0.6 is 0 Å². The summed E-state index contributed by atoms with van der Waals surface area (Å²) in [5, 5.41) is 2.95. The summed E-state index contributed by atoms with van der Waals surface area (Å²) in [5.41, 5.74) is 2.94. The van der Waals surface area contributed by atoms with Crippen molar-refractivity contribution in [1.29, 1.82) is 0 Å². The van der Waals surface area contributed by atoms with Crippen molar-refractivity contribution in [3.8, 4) is 5.75 Å². The third-order valence-corrected chi connectivity index (χ3v) is 5.78. The average molecular weight is 424 g/mol. The highest BCUT2D eigenvalue weighted by Gasteiger charge is 2.30. The van der Waals surface area contributed by atoms with E-state index in [1.807, 2.05) is 18.7 Å². The number of benzene rings is 2. The summed E-state index contributed by atoms with van der Waals surface area (Å²) in [6.45, 7) is 9.06. The highest BCUT2D eigenvalue weighted by Crippen LogP contribution is 2.19. The molecule has 0 aliphatic carbocycles. The van der Waals surface area contributed by atoms with Crippen molar-refractivity contribution >= 4 is 17.5 Å². The smallest absolute Gasteiger partial charge is 0.251 e. The molecule has 1 N–H and O–H groups in total. The fraction of sp³-hybridized carbons (Fsp3) is 0.440. The van der Waals surface area contributed by atoms with Crippen LogP contribution in [0.25, 0.3) is 0 Å². The van der Waals surface area contributed by atoms with Crippen molar-refractivity contribution in [3.05, 3.63) is 59.7 Å². The van der Waals surface area contributed by atoms with E-state index in [-0.39, 0.29) is 17.7 Å². The zero-order chi connectivity index (χ0) is 22.4. The number of nitrogens with one attached hydrogen (secondary N) is 1. The van der Waals surface area contributed by atoms with E-state index in [9.17, 15) is 9.59 Å². The fourth-order valence-corrected chi connectivity index (χ4v) is 3.83. The van der Waals surface area contributed by atoms with Gasteiger partial charge in [-0.05, 0) is 55.7 Å². The summed E-state index contributed by atoms with van der Waals surface area (Å²) < 4.78 is 5.15. The maximum atomic E-state index is 13.3. The van der Waals surface area contributed by atoms with E-state index in [2.05, 4.69) is 41.4 Å². The van der Waals surface area contributed by atoms with Crippen LogP contribution in [0.3, 0.4) is 0 Å². The monoisotopic (exact) mass is 423 g/mol. The van der Waals surface area contributed by atoms with Gasteiger partial charge in [0.25, 0.3) is 5.91 Å². The number of carbonyl (C=O) groups excluding carboxylic acids is 2. The second-order valence-corrected chi connectivity index (χ2v) is 8.43. The third-order valence-electron chi connectivity index (χ3n) is 5.78. The van der Waals surface area contributed by atoms with E-state index < -0.39 is 6.04 Å². The summed E-state index contributed by atoms with van der Waals surface area (Å²) in [4.78, 5) is 30.3. The van der Waals surface area contributed by atoms with Gasteiger partial charge in [0.2, 0.25) is 5.91 Å². The Kier molecular flexibility index (Phi) is 7.55. The van der Waals surface area contributed by atoms with E-state index >= 15 is 0 Å². The van der Waals surface area contributed by atoms with Crippen LogP contribution in [0.15, 0.2) is 48.5 Å². The number of hydrogen-bond donors (Lipinski definition) is 1. The lowest BCUT2D eigenvalue weighted by Crippen LogP contribution is -2.52. The molecule has 0 bridgehead atoms. The lowest BCUT2D eigenvalue weighted by Gasteiger charge is -2.29. The molecule has 1 heterocycles. The number of hydrogen-bond acceptors (Lipinski definition) is 4. The van der Waals surface area contributed by atoms with Gasteiger partial charge < -0.3 is 19.9 Å². The van der Waals surface area contributed by atoms with Gasteiger partial charge in [-0.15, -0.1) is 0 Å². The molecule has 1 aliphatic heterocycles.